The van der Waals surface area contributed by atoms with E-state index in [0.717, 1.165) is 16.9 Å². The van der Waals surface area contributed by atoms with Gasteiger partial charge in [-0.25, -0.2) is 4.98 Å². The van der Waals surface area contributed by atoms with E-state index in [1.54, 1.807) is 28.8 Å². The van der Waals surface area contributed by atoms with Gasteiger partial charge in [-0.1, -0.05) is 44.2 Å². The Labute approximate surface area is 162 Å². The maximum absolute atomic E-state index is 11.8. The second kappa shape index (κ2) is 7.48. The standard InChI is InChI=1S/C21H19N5O2/c1-14(2)20(27)24-16-8-10-17(11-9-16)28-19-12-18(15-6-4-3-5-7-15)25-21-22-13-23-26(19)21/h3-14H,1-2H3,(H,24,27). The molecule has 4 rings (SSSR count). The summed E-state index contributed by atoms with van der Waals surface area (Å²) >= 11 is 0. The fourth-order valence-electron chi connectivity index (χ4n) is 2.63. The minimum absolute atomic E-state index is 0.0281. The summed E-state index contributed by atoms with van der Waals surface area (Å²) in [5.74, 6) is 1.46. The van der Waals surface area contributed by atoms with Crippen molar-refractivity contribution >= 4 is 17.4 Å². The van der Waals surface area contributed by atoms with Gasteiger partial charge in [0.1, 0.15) is 12.1 Å². The lowest BCUT2D eigenvalue weighted by molar-refractivity contribution is -0.118. The van der Waals surface area contributed by atoms with E-state index in [0.29, 0.717) is 17.4 Å². The Balaban J connectivity index is 1.62. The summed E-state index contributed by atoms with van der Waals surface area (Å²) in [6, 6.07) is 18.8. The molecule has 7 nitrogen and oxygen atoms in total. The van der Waals surface area contributed by atoms with Gasteiger partial charge < -0.3 is 10.1 Å². The molecule has 0 fully saturated rings. The Morgan fingerprint density at radius 1 is 1.07 bits per heavy atom. The molecule has 0 atom stereocenters. The molecule has 1 N–H and O–H groups in total. The lowest BCUT2D eigenvalue weighted by Crippen LogP contribution is -2.17. The topological polar surface area (TPSA) is 81.4 Å². The third-order valence-electron chi connectivity index (χ3n) is 4.16. The average Bonchev–Trinajstić information content (AvgIpc) is 3.19. The highest BCUT2D eigenvalue weighted by atomic mass is 16.5. The van der Waals surface area contributed by atoms with E-state index in [2.05, 4.69) is 20.4 Å². The Kier molecular flexibility index (Phi) is 4.72. The highest BCUT2D eigenvalue weighted by molar-refractivity contribution is 5.92. The summed E-state index contributed by atoms with van der Waals surface area (Å²) in [4.78, 5) is 20.5. The molecular weight excluding hydrogens is 354 g/mol. The van der Waals surface area contributed by atoms with Gasteiger partial charge in [-0.3, -0.25) is 4.79 Å². The number of anilines is 1. The van der Waals surface area contributed by atoms with Crippen molar-refractivity contribution in [3.05, 3.63) is 67.0 Å². The van der Waals surface area contributed by atoms with Crippen LogP contribution in [-0.2, 0) is 4.79 Å². The van der Waals surface area contributed by atoms with E-state index < -0.39 is 0 Å². The van der Waals surface area contributed by atoms with Crippen LogP contribution in [0.3, 0.4) is 0 Å². The second-order valence-corrected chi connectivity index (χ2v) is 6.59. The summed E-state index contributed by atoms with van der Waals surface area (Å²) < 4.78 is 7.57. The molecule has 0 aliphatic carbocycles. The molecule has 0 bridgehead atoms. The number of hydrogen-bond donors (Lipinski definition) is 1. The Morgan fingerprint density at radius 2 is 1.82 bits per heavy atom. The van der Waals surface area contributed by atoms with Gasteiger partial charge in [-0.15, -0.1) is 0 Å². The van der Waals surface area contributed by atoms with E-state index in [1.807, 2.05) is 50.2 Å². The third kappa shape index (κ3) is 3.68. The van der Waals surface area contributed by atoms with Crippen LogP contribution < -0.4 is 10.1 Å². The molecule has 28 heavy (non-hydrogen) atoms. The second-order valence-electron chi connectivity index (χ2n) is 6.59. The van der Waals surface area contributed by atoms with Crippen molar-refractivity contribution in [3.63, 3.8) is 0 Å². The molecule has 0 unspecified atom stereocenters. The number of nitrogens with one attached hydrogen (secondary N) is 1. The fourth-order valence-corrected chi connectivity index (χ4v) is 2.63. The molecule has 2 aromatic heterocycles. The van der Waals surface area contributed by atoms with Crippen LogP contribution in [0, 0.1) is 5.92 Å². The number of aromatic nitrogens is 4. The summed E-state index contributed by atoms with van der Waals surface area (Å²) in [5.41, 5.74) is 2.43. The molecule has 2 heterocycles. The minimum atomic E-state index is -0.0789. The number of amides is 1. The lowest BCUT2D eigenvalue weighted by Gasteiger charge is -2.11. The van der Waals surface area contributed by atoms with Crippen molar-refractivity contribution in [1.29, 1.82) is 0 Å². The van der Waals surface area contributed by atoms with E-state index in [-0.39, 0.29) is 11.8 Å². The number of benzene rings is 2. The van der Waals surface area contributed by atoms with Gasteiger partial charge in [0.25, 0.3) is 5.78 Å². The zero-order valence-electron chi connectivity index (χ0n) is 15.5. The molecule has 7 heteroatoms. The van der Waals surface area contributed by atoms with Crippen molar-refractivity contribution in [2.45, 2.75) is 13.8 Å². The number of nitrogens with zero attached hydrogens (tertiary/aromatic N) is 4. The summed E-state index contributed by atoms with van der Waals surface area (Å²) in [5, 5.41) is 7.04. The van der Waals surface area contributed by atoms with E-state index >= 15 is 0 Å². The molecule has 0 radical (unpaired) electrons. The van der Waals surface area contributed by atoms with E-state index in [9.17, 15) is 4.79 Å². The first kappa shape index (κ1) is 17.7. The average molecular weight is 373 g/mol. The van der Waals surface area contributed by atoms with Gasteiger partial charge in [0, 0.05) is 23.2 Å². The van der Waals surface area contributed by atoms with Crippen LogP contribution in [0.5, 0.6) is 11.6 Å². The molecule has 2 aromatic carbocycles. The third-order valence-corrected chi connectivity index (χ3v) is 4.16. The number of carbonyl (C=O) groups is 1. The van der Waals surface area contributed by atoms with Crippen molar-refractivity contribution in [2.24, 2.45) is 5.92 Å². The van der Waals surface area contributed by atoms with Crippen molar-refractivity contribution in [2.75, 3.05) is 5.32 Å². The van der Waals surface area contributed by atoms with Gasteiger partial charge in [-0.05, 0) is 24.3 Å². The fraction of sp³-hybridized carbons (Fsp3) is 0.143. The molecule has 1 amide bonds. The normalized spacial score (nSPS) is 11.0. The van der Waals surface area contributed by atoms with Crippen molar-refractivity contribution in [3.8, 4) is 22.9 Å². The zero-order valence-corrected chi connectivity index (χ0v) is 15.5. The molecule has 0 spiro atoms. The Bertz CT molecular complexity index is 1100. The van der Waals surface area contributed by atoms with E-state index in [4.69, 9.17) is 4.74 Å². The quantitative estimate of drug-likeness (QED) is 0.568. The number of fused-ring (bicyclic) bond motifs is 1. The van der Waals surface area contributed by atoms with Crippen molar-refractivity contribution < 1.29 is 9.53 Å². The predicted octanol–water partition coefficient (Wildman–Crippen LogP) is 4.18. The van der Waals surface area contributed by atoms with E-state index in [1.165, 1.54) is 6.33 Å². The van der Waals surface area contributed by atoms with Gasteiger partial charge in [-0.2, -0.15) is 14.6 Å². The van der Waals surface area contributed by atoms with Gasteiger partial charge in [0.15, 0.2) is 0 Å². The molecule has 4 aromatic rings. The summed E-state index contributed by atoms with van der Waals surface area (Å²) in [7, 11) is 0. The first-order chi connectivity index (χ1) is 13.6. The first-order valence-electron chi connectivity index (χ1n) is 8.95. The predicted molar refractivity (Wildman–Crippen MR) is 106 cm³/mol. The number of rotatable bonds is 5. The van der Waals surface area contributed by atoms with Crippen LogP contribution in [0.4, 0.5) is 5.69 Å². The molecule has 0 saturated heterocycles. The number of carbonyl (C=O) groups excluding carboxylic acids is 1. The lowest BCUT2D eigenvalue weighted by atomic mass is 10.1. The smallest absolute Gasteiger partial charge is 0.255 e. The van der Waals surface area contributed by atoms with Crippen molar-refractivity contribution in [1.82, 2.24) is 19.6 Å². The summed E-state index contributed by atoms with van der Waals surface area (Å²) in [6.07, 6.45) is 1.44. The molecule has 0 saturated carbocycles. The van der Waals surface area contributed by atoms with Crippen LogP contribution in [0.1, 0.15) is 13.8 Å². The van der Waals surface area contributed by atoms with Crippen LogP contribution in [0.15, 0.2) is 67.0 Å². The minimum Gasteiger partial charge on any atom is -0.439 e. The molecule has 0 aliphatic rings. The molecule has 0 aliphatic heterocycles. The van der Waals surface area contributed by atoms with Gasteiger partial charge in [0.2, 0.25) is 11.8 Å². The Hall–Kier alpha value is -3.74. The van der Waals surface area contributed by atoms with Crippen LogP contribution >= 0.6 is 0 Å². The van der Waals surface area contributed by atoms with Crippen LogP contribution in [-0.4, -0.2) is 25.5 Å². The van der Waals surface area contributed by atoms with Crippen LogP contribution in [0.25, 0.3) is 17.0 Å². The molecular formula is C21H19N5O2. The monoisotopic (exact) mass is 373 g/mol. The SMILES string of the molecule is CC(C)C(=O)Nc1ccc(Oc2cc(-c3ccccc3)nc3ncnn23)cc1. The van der Waals surface area contributed by atoms with Crippen LogP contribution in [0.2, 0.25) is 0 Å². The maximum Gasteiger partial charge on any atom is 0.255 e. The van der Waals surface area contributed by atoms with Gasteiger partial charge in [0.05, 0.1) is 5.69 Å². The maximum atomic E-state index is 11.8. The highest BCUT2D eigenvalue weighted by Gasteiger charge is 2.12. The van der Waals surface area contributed by atoms with Gasteiger partial charge >= 0.3 is 0 Å². The zero-order chi connectivity index (χ0) is 19.5. The highest BCUT2D eigenvalue weighted by Crippen LogP contribution is 2.27. The number of ether oxygens (including phenoxy) is 1. The summed E-state index contributed by atoms with van der Waals surface area (Å²) in [6.45, 7) is 3.70. The largest absolute Gasteiger partial charge is 0.439 e. The Morgan fingerprint density at radius 3 is 2.54 bits per heavy atom. The molecule has 140 valence electrons. The number of hydrogen-bond acceptors (Lipinski definition) is 5. The first-order valence-corrected chi connectivity index (χ1v) is 8.95.